The summed E-state index contributed by atoms with van der Waals surface area (Å²) in [5.74, 6) is -0.569. The zero-order valence-electron chi connectivity index (χ0n) is 8.63. The average Bonchev–Trinajstić information content (AvgIpc) is 2.17. The van der Waals surface area contributed by atoms with Crippen LogP contribution in [0.3, 0.4) is 0 Å². The van der Waals surface area contributed by atoms with Crippen LogP contribution in [0.5, 0.6) is 0 Å². The lowest BCUT2D eigenvalue weighted by Crippen LogP contribution is -2.31. The molecule has 0 saturated carbocycles. The molecule has 0 aromatic heterocycles. The van der Waals surface area contributed by atoms with E-state index in [2.05, 4.69) is 5.32 Å². The Bertz CT molecular complexity index is 354. The molecular formula is C11H13ClFNO. The Morgan fingerprint density at radius 2 is 2.13 bits per heavy atom. The van der Waals surface area contributed by atoms with Gasteiger partial charge in [0.1, 0.15) is 11.2 Å². The fraction of sp³-hybridized carbons (Fsp3) is 0.364. The lowest BCUT2D eigenvalue weighted by Gasteiger charge is -2.15. The van der Waals surface area contributed by atoms with Crippen molar-refractivity contribution in [1.82, 2.24) is 5.32 Å². The zero-order valence-corrected chi connectivity index (χ0v) is 9.38. The molecule has 2 nitrogen and oxygen atoms in total. The number of nitrogens with one attached hydrogen (secondary N) is 1. The summed E-state index contributed by atoms with van der Waals surface area (Å²) in [6.07, 6.45) is 0. The van der Waals surface area contributed by atoms with Crippen LogP contribution < -0.4 is 5.32 Å². The van der Waals surface area contributed by atoms with Gasteiger partial charge in [-0.1, -0.05) is 12.1 Å². The van der Waals surface area contributed by atoms with Crippen molar-refractivity contribution in [2.24, 2.45) is 0 Å². The Kier molecular flexibility index (Phi) is 4.09. The SMILES string of the molecule is CC(Cl)C(=O)NC(C)c1cccc(F)c1. The normalized spacial score (nSPS) is 14.4. The predicted octanol–water partition coefficient (Wildman–Crippen LogP) is 2.63. The van der Waals surface area contributed by atoms with Crippen LogP contribution in [0.1, 0.15) is 25.5 Å². The Morgan fingerprint density at radius 1 is 1.47 bits per heavy atom. The molecule has 0 aliphatic heterocycles. The van der Waals surface area contributed by atoms with Gasteiger partial charge < -0.3 is 5.32 Å². The summed E-state index contributed by atoms with van der Waals surface area (Å²) in [5, 5.41) is 2.10. The molecule has 0 fully saturated rings. The first kappa shape index (κ1) is 12.0. The molecule has 0 aliphatic rings. The van der Waals surface area contributed by atoms with Crippen molar-refractivity contribution in [3.63, 3.8) is 0 Å². The number of alkyl halides is 1. The number of hydrogen-bond acceptors (Lipinski definition) is 1. The highest BCUT2D eigenvalue weighted by atomic mass is 35.5. The van der Waals surface area contributed by atoms with Gasteiger partial charge in [0, 0.05) is 0 Å². The molecule has 1 rings (SSSR count). The summed E-state index contributed by atoms with van der Waals surface area (Å²) in [5.41, 5.74) is 0.723. The number of carbonyl (C=O) groups is 1. The highest BCUT2D eigenvalue weighted by Gasteiger charge is 2.13. The number of amides is 1. The molecular weight excluding hydrogens is 217 g/mol. The summed E-state index contributed by atoms with van der Waals surface area (Å²) in [4.78, 5) is 11.3. The maximum absolute atomic E-state index is 12.9. The lowest BCUT2D eigenvalue weighted by molar-refractivity contribution is -0.121. The number of carbonyl (C=O) groups excluding carboxylic acids is 1. The van der Waals surface area contributed by atoms with E-state index in [4.69, 9.17) is 11.6 Å². The van der Waals surface area contributed by atoms with E-state index in [9.17, 15) is 9.18 Å². The minimum Gasteiger partial charge on any atom is -0.348 e. The molecule has 0 bridgehead atoms. The van der Waals surface area contributed by atoms with E-state index in [0.29, 0.717) is 0 Å². The molecule has 4 heteroatoms. The van der Waals surface area contributed by atoms with Crippen molar-refractivity contribution in [3.05, 3.63) is 35.6 Å². The minimum absolute atomic E-state index is 0.241. The molecule has 1 aromatic carbocycles. The van der Waals surface area contributed by atoms with Gasteiger partial charge in [-0.2, -0.15) is 0 Å². The molecule has 1 amide bonds. The molecule has 2 atom stereocenters. The van der Waals surface area contributed by atoms with Crippen LogP contribution in [0.2, 0.25) is 0 Å². The van der Waals surface area contributed by atoms with Crippen LogP contribution in [0, 0.1) is 5.82 Å². The standard InChI is InChI=1S/C11H13ClFNO/c1-7(12)11(15)14-8(2)9-4-3-5-10(13)6-9/h3-8H,1-2H3,(H,14,15). The summed E-state index contributed by atoms with van der Waals surface area (Å²) < 4.78 is 12.9. The van der Waals surface area contributed by atoms with Gasteiger partial charge in [-0.05, 0) is 31.5 Å². The van der Waals surface area contributed by atoms with E-state index in [0.717, 1.165) is 5.56 Å². The summed E-state index contributed by atoms with van der Waals surface area (Å²) in [6, 6.07) is 5.88. The van der Waals surface area contributed by atoms with E-state index in [-0.39, 0.29) is 17.8 Å². The van der Waals surface area contributed by atoms with Gasteiger partial charge in [-0.3, -0.25) is 4.79 Å². The second-order valence-electron chi connectivity index (χ2n) is 3.40. The van der Waals surface area contributed by atoms with Crippen LogP contribution in [-0.2, 0) is 4.79 Å². The lowest BCUT2D eigenvalue weighted by atomic mass is 10.1. The second kappa shape index (κ2) is 5.12. The van der Waals surface area contributed by atoms with Gasteiger partial charge in [-0.25, -0.2) is 4.39 Å². The molecule has 0 aliphatic carbocycles. The van der Waals surface area contributed by atoms with Crippen LogP contribution in [0.4, 0.5) is 4.39 Å². The summed E-state index contributed by atoms with van der Waals surface area (Å²) in [6.45, 7) is 3.38. The van der Waals surface area contributed by atoms with Crippen molar-refractivity contribution in [3.8, 4) is 0 Å². The van der Waals surface area contributed by atoms with Crippen LogP contribution in [0.25, 0.3) is 0 Å². The molecule has 82 valence electrons. The second-order valence-corrected chi connectivity index (χ2v) is 4.06. The quantitative estimate of drug-likeness (QED) is 0.794. The topological polar surface area (TPSA) is 29.1 Å². The molecule has 0 saturated heterocycles. The molecule has 2 unspecified atom stereocenters. The smallest absolute Gasteiger partial charge is 0.238 e. The van der Waals surface area contributed by atoms with E-state index in [1.165, 1.54) is 12.1 Å². The van der Waals surface area contributed by atoms with Crippen molar-refractivity contribution in [1.29, 1.82) is 0 Å². The fourth-order valence-electron chi connectivity index (χ4n) is 1.19. The van der Waals surface area contributed by atoms with Crippen LogP contribution >= 0.6 is 11.6 Å². The average molecular weight is 230 g/mol. The summed E-state index contributed by atoms with van der Waals surface area (Å²) >= 11 is 5.60. The molecule has 0 radical (unpaired) electrons. The Balaban J connectivity index is 2.69. The van der Waals surface area contributed by atoms with Crippen molar-refractivity contribution >= 4 is 17.5 Å². The van der Waals surface area contributed by atoms with E-state index >= 15 is 0 Å². The maximum atomic E-state index is 12.9. The molecule has 0 heterocycles. The van der Waals surface area contributed by atoms with Crippen molar-refractivity contribution < 1.29 is 9.18 Å². The third-order valence-corrected chi connectivity index (χ3v) is 2.27. The van der Waals surface area contributed by atoms with E-state index < -0.39 is 5.38 Å². The fourth-order valence-corrected chi connectivity index (χ4v) is 1.25. The zero-order chi connectivity index (χ0) is 11.4. The van der Waals surface area contributed by atoms with Gasteiger partial charge in [0.2, 0.25) is 5.91 Å². The number of rotatable bonds is 3. The first-order chi connectivity index (χ1) is 7.00. The number of benzene rings is 1. The molecule has 1 aromatic rings. The first-order valence-electron chi connectivity index (χ1n) is 4.70. The Hall–Kier alpha value is -1.09. The van der Waals surface area contributed by atoms with E-state index in [1.807, 2.05) is 0 Å². The van der Waals surface area contributed by atoms with Gasteiger partial charge in [0.25, 0.3) is 0 Å². The van der Waals surface area contributed by atoms with Crippen molar-refractivity contribution in [2.45, 2.75) is 25.3 Å². The molecule has 15 heavy (non-hydrogen) atoms. The third-order valence-electron chi connectivity index (χ3n) is 2.07. The van der Waals surface area contributed by atoms with Gasteiger partial charge in [0.15, 0.2) is 0 Å². The van der Waals surface area contributed by atoms with E-state index in [1.54, 1.807) is 26.0 Å². The maximum Gasteiger partial charge on any atom is 0.238 e. The molecule has 1 N–H and O–H groups in total. The van der Waals surface area contributed by atoms with Crippen molar-refractivity contribution in [2.75, 3.05) is 0 Å². The largest absolute Gasteiger partial charge is 0.348 e. The number of halogens is 2. The highest BCUT2D eigenvalue weighted by Crippen LogP contribution is 2.13. The third kappa shape index (κ3) is 3.51. The summed E-state index contributed by atoms with van der Waals surface area (Å²) in [7, 11) is 0. The first-order valence-corrected chi connectivity index (χ1v) is 5.14. The molecule has 0 spiro atoms. The predicted molar refractivity (Wildman–Crippen MR) is 58.3 cm³/mol. The monoisotopic (exact) mass is 229 g/mol. The Labute approximate surface area is 93.4 Å². The van der Waals surface area contributed by atoms with Gasteiger partial charge in [0.05, 0.1) is 6.04 Å². The van der Waals surface area contributed by atoms with Gasteiger partial charge in [-0.15, -0.1) is 11.6 Å². The van der Waals surface area contributed by atoms with Gasteiger partial charge >= 0.3 is 0 Å². The minimum atomic E-state index is -0.582. The highest BCUT2D eigenvalue weighted by molar-refractivity contribution is 6.30. The number of hydrogen-bond donors (Lipinski definition) is 1. The van der Waals surface area contributed by atoms with Crippen LogP contribution in [-0.4, -0.2) is 11.3 Å². The van der Waals surface area contributed by atoms with Crippen LogP contribution in [0.15, 0.2) is 24.3 Å². The Morgan fingerprint density at radius 3 is 2.67 bits per heavy atom.